The number of nitrogens with two attached hydrogens (primary N) is 1. The second-order valence-electron chi connectivity index (χ2n) is 4.83. The van der Waals surface area contributed by atoms with Gasteiger partial charge in [-0.15, -0.1) is 0 Å². The number of rotatable bonds is 3. The van der Waals surface area contributed by atoms with E-state index in [1.165, 1.54) is 18.2 Å². The summed E-state index contributed by atoms with van der Waals surface area (Å²) in [6, 6.07) is 5.05. The zero-order valence-corrected chi connectivity index (χ0v) is 11.3. The van der Waals surface area contributed by atoms with E-state index in [2.05, 4.69) is 10.3 Å². The molecule has 100 valence electrons. The predicted octanol–water partition coefficient (Wildman–Crippen LogP) is 3.12. The molecule has 1 unspecified atom stereocenters. The first-order valence-electron chi connectivity index (χ1n) is 6.40. The molecule has 1 fully saturated rings. The summed E-state index contributed by atoms with van der Waals surface area (Å²) >= 11 is 1.96. The number of thioether (sulfide) groups is 1. The van der Waals surface area contributed by atoms with Crippen LogP contribution in [0.15, 0.2) is 24.4 Å². The molecule has 0 saturated carbocycles. The molecule has 0 aliphatic carbocycles. The second kappa shape index (κ2) is 5.25. The summed E-state index contributed by atoms with van der Waals surface area (Å²) in [5.41, 5.74) is 7.36. The average molecular weight is 277 g/mol. The number of hydrogen-bond donors (Lipinski definition) is 2. The van der Waals surface area contributed by atoms with Gasteiger partial charge in [-0.1, -0.05) is 0 Å². The Morgan fingerprint density at radius 3 is 3.21 bits per heavy atom. The van der Waals surface area contributed by atoms with Crippen LogP contribution in [0.2, 0.25) is 0 Å². The van der Waals surface area contributed by atoms with Crippen LogP contribution in [-0.2, 0) is 0 Å². The number of benzene rings is 1. The van der Waals surface area contributed by atoms with Gasteiger partial charge in [-0.2, -0.15) is 11.8 Å². The highest BCUT2D eigenvalue weighted by Gasteiger charge is 2.17. The number of halogens is 1. The van der Waals surface area contributed by atoms with E-state index in [4.69, 9.17) is 5.73 Å². The topological polar surface area (TPSA) is 50.9 Å². The van der Waals surface area contributed by atoms with Gasteiger partial charge < -0.3 is 11.1 Å². The fourth-order valence-electron chi connectivity index (χ4n) is 2.40. The van der Waals surface area contributed by atoms with Crippen molar-refractivity contribution in [1.82, 2.24) is 4.98 Å². The van der Waals surface area contributed by atoms with Crippen LogP contribution < -0.4 is 11.1 Å². The number of pyridine rings is 1. The molecule has 0 radical (unpaired) electrons. The van der Waals surface area contributed by atoms with Gasteiger partial charge in [-0.3, -0.25) is 4.98 Å². The molecule has 19 heavy (non-hydrogen) atoms. The van der Waals surface area contributed by atoms with E-state index in [9.17, 15) is 4.39 Å². The number of anilines is 2. The quantitative estimate of drug-likeness (QED) is 0.846. The number of nitrogens with zero attached hydrogens (tertiary/aromatic N) is 1. The summed E-state index contributed by atoms with van der Waals surface area (Å²) in [5, 5.41) is 4.02. The van der Waals surface area contributed by atoms with Crippen molar-refractivity contribution in [3.05, 3.63) is 30.2 Å². The number of aromatic nitrogens is 1. The lowest BCUT2D eigenvalue weighted by molar-refractivity contribution is 0.612. The smallest absolute Gasteiger partial charge is 0.150 e. The minimum Gasteiger partial charge on any atom is -0.398 e. The van der Waals surface area contributed by atoms with Crippen LogP contribution in [0, 0.1) is 11.7 Å². The zero-order valence-electron chi connectivity index (χ0n) is 10.5. The van der Waals surface area contributed by atoms with Crippen molar-refractivity contribution in [3.63, 3.8) is 0 Å². The third-order valence-corrected chi connectivity index (χ3v) is 4.70. The van der Waals surface area contributed by atoms with Crippen molar-refractivity contribution < 1.29 is 4.39 Å². The molecule has 1 aliphatic rings. The molecule has 3 rings (SSSR count). The van der Waals surface area contributed by atoms with Gasteiger partial charge >= 0.3 is 0 Å². The molecule has 1 saturated heterocycles. The van der Waals surface area contributed by atoms with Crippen molar-refractivity contribution in [2.24, 2.45) is 5.92 Å². The van der Waals surface area contributed by atoms with Gasteiger partial charge in [0.2, 0.25) is 0 Å². The third kappa shape index (κ3) is 2.47. The highest BCUT2D eigenvalue weighted by molar-refractivity contribution is 7.99. The van der Waals surface area contributed by atoms with E-state index in [1.807, 2.05) is 23.9 Å². The van der Waals surface area contributed by atoms with Crippen LogP contribution in [0.1, 0.15) is 6.42 Å². The molecule has 1 aromatic carbocycles. The molecule has 1 aliphatic heterocycles. The lowest BCUT2D eigenvalue weighted by Gasteiger charge is -2.14. The Morgan fingerprint density at radius 2 is 2.42 bits per heavy atom. The largest absolute Gasteiger partial charge is 0.398 e. The minimum atomic E-state index is -0.325. The zero-order chi connectivity index (χ0) is 13.2. The van der Waals surface area contributed by atoms with E-state index < -0.39 is 0 Å². The molecule has 0 amide bonds. The second-order valence-corrected chi connectivity index (χ2v) is 5.98. The molecule has 0 spiro atoms. The first kappa shape index (κ1) is 12.5. The maximum absolute atomic E-state index is 14.1. The molecule has 1 aromatic heterocycles. The fraction of sp³-hybridized carbons (Fsp3) is 0.357. The average Bonchev–Trinajstić information content (AvgIpc) is 2.92. The van der Waals surface area contributed by atoms with Crippen molar-refractivity contribution in [2.45, 2.75) is 6.42 Å². The molecule has 0 bridgehead atoms. The highest BCUT2D eigenvalue weighted by atomic mass is 32.2. The van der Waals surface area contributed by atoms with Crippen molar-refractivity contribution in [3.8, 4) is 0 Å². The number of hydrogen-bond acceptors (Lipinski definition) is 4. The summed E-state index contributed by atoms with van der Waals surface area (Å²) in [6.07, 6.45) is 2.86. The highest BCUT2D eigenvalue weighted by Crippen LogP contribution is 2.30. The maximum Gasteiger partial charge on any atom is 0.150 e. The Balaban J connectivity index is 1.93. The Labute approximate surface area is 115 Å². The van der Waals surface area contributed by atoms with Crippen molar-refractivity contribution >= 4 is 34.0 Å². The summed E-state index contributed by atoms with van der Waals surface area (Å²) in [7, 11) is 0. The molecular formula is C14H16FN3S. The molecule has 2 heterocycles. The van der Waals surface area contributed by atoms with Gasteiger partial charge in [0.1, 0.15) is 0 Å². The Morgan fingerprint density at radius 1 is 1.53 bits per heavy atom. The molecular weight excluding hydrogens is 261 g/mol. The van der Waals surface area contributed by atoms with Crippen LogP contribution in [0.4, 0.5) is 15.8 Å². The maximum atomic E-state index is 14.1. The van der Waals surface area contributed by atoms with Gasteiger partial charge in [-0.05, 0) is 42.0 Å². The summed E-state index contributed by atoms with van der Waals surface area (Å²) < 4.78 is 14.1. The summed E-state index contributed by atoms with van der Waals surface area (Å²) in [6.45, 7) is 0.791. The number of nitrogens with one attached hydrogen (secondary N) is 1. The van der Waals surface area contributed by atoms with Crippen LogP contribution >= 0.6 is 11.8 Å². The first-order chi connectivity index (χ1) is 9.25. The molecule has 5 heteroatoms. The van der Waals surface area contributed by atoms with Crippen LogP contribution in [-0.4, -0.2) is 23.0 Å². The van der Waals surface area contributed by atoms with Crippen molar-refractivity contribution in [2.75, 3.05) is 29.1 Å². The molecule has 3 N–H and O–H groups in total. The monoisotopic (exact) mass is 277 g/mol. The summed E-state index contributed by atoms with van der Waals surface area (Å²) in [4.78, 5) is 4.26. The molecule has 1 atom stereocenters. The standard InChI is InChI=1S/C14H16FN3S/c15-11-6-12(16)10-2-1-4-17-13(10)14(11)18-7-9-3-5-19-8-9/h1-2,4,6,9,18H,3,5,7-8,16H2. The van der Waals surface area contributed by atoms with Crippen molar-refractivity contribution in [1.29, 1.82) is 0 Å². The Kier molecular flexibility index (Phi) is 3.46. The molecule has 2 aromatic rings. The Bertz CT molecular complexity index is 597. The van der Waals surface area contributed by atoms with Gasteiger partial charge in [-0.25, -0.2) is 4.39 Å². The Hall–Kier alpha value is -1.49. The number of nitrogen functional groups attached to an aromatic ring is 1. The van der Waals surface area contributed by atoms with Gasteiger partial charge in [0.05, 0.1) is 11.2 Å². The van der Waals surface area contributed by atoms with Crippen LogP contribution in [0.3, 0.4) is 0 Å². The van der Waals surface area contributed by atoms with Crippen LogP contribution in [0.5, 0.6) is 0 Å². The first-order valence-corrected chi connectivity index (χ1v) is 7.55. The van der Waals surface area contributed by atoms with Gasteiger partial charge in [0, 0.05) is 23.8 Å². The van der Waals surface area contributed by atoms with Gasteiger partial charge in [0.15, 0.2) is 5.82 Å². The molecule has 3 nitrogen and oxygen atoms in total. The lowest BCUT2D eigenvalue weighted by Crippen LogP contribution is -2.15. The normalized spacial score (nSPS) is 18.9. The van der Waals surface area contributed by atoms with E-state index >= 15 is 0 Å². The number of fused-ring (bicyclic) bond motifs is 1. The van der Waals surface area contributed by atoms with E-state index in [-0.39, 0.29) is 5.82 Å². The SMILES string of the molecule is Nc1cc(F)c(NCC2CCSC2)c2ncccc12. The predicted molar refractivity (Wildman–Crippen MR) is 80.0 cm³/mol. The lowest BCUT2D eigenvalue weighted by atomic mass is 10.1. The van der Waals surface area contributed by atoms with E-state index in [0.717, 1.165) is 17.7 Å². The fourth-order valence-corrected chi connectivity index (χ4v) is 3.68. The van der Waals surface area contributed by atoms with E-state index in [0.29, 0.717) is 22.8 Å². The minimum absolute atomic E-state index is 0.325. The van der Waals surface area contributed by atoms with E-state index in [1.54, 1.807) is 6.20 Å². The summed E-state index contributed by atoms with van der Waals surface area (Å²) in [5.74, 6) is 2.64. The van der Waals surface area contributed by atoms with Crippen LogP contribution in [0.25, 0.3) is 10.9 Å². The van der Waals surface area contributed by atoms with Gasteiger partial charge in [0.25, 0.3) is 0 Å². The third-order valence-electron chi connectivity index (χ3n) is 3.47.